The summed E-state index contributed by atoms with van der Waals surface area (Å²) in [4.78, 5) is 12.8. The molecule has 0 aromatic heterocycles. The fraction of sp³-hybridized carbons (Fsp3) is 0.867. The third-order valence-corrected chi connectivity index (χ3v) is 12.9. The molecule has 5 heteroatoms. The zero-order valence-electron chi connectivity index (χ0n) is 22.9. The Balaban J connectivity index is 1.62. The van der Waals surface area contributed by atoms with Gasteiger partial charge < -0.3 is 15.4 Å². The summed E-state index contributed by atoms with van der Waals surface area (Å²) in [5.41, 5.74) is 1.12. The van der Waals surface area contributed by atoms with E-state index in [0.29, 0.717) is 24.0 Å². The number of hydrogen-bond donors (Lipinski definition) is 3. The summed E-state index contributed by atoms with van der Waals surface area (Å²) in [6, 6.07) is 0. The Hall–Kier alpha value is -1.36. The maximum absolute atomic E-state index is 12.8. The van der Waals surface area contributed by atoms with E-state index in [0.717, 1.165) is 51.4 Å². The molecule has 0 saturated heterocycles. The van der Waals surface area contributed by atoms with Crippen molar-refractivity contribution in [3.63, 3.8) is 0 Å². The number of carbonyl (C=O) groups is 1. The summed E-state index contributed by atoms with van der Waals surface area (Å²) < 4.78 is 0. The van der Waals surface area contributed by atoms with Crippen molar-refractivity contribution in [2.24, 2.45) is 55.4 Å². The average molecular weight is 486 g/mol. The Morgan fingerprint density at radius 1 is 0.971 bits per heavy atom. The highest BCUT2D eigenvalue weighted by molar-refractivity contribution is 5.90. The second kappa shape index (κ2) is 7.36. The molecule has 35 heavy (non-hydrogen) atoms. The topological polar surface area (TPSA) is 90.1 Å². The summed E-state index contributed by atoms with van der Waals surface area (Å²) >= 11 is 0. The Kier molecular flexibility index (Phi) is 5.32. The Labute approximate surface area is 211 Å². The fourth-order valence-corrected chi connectivity index (χ4v) is 10.7. The Bertz CT molecular complexity index is 996. The lowest BCUT2D eigenvalue weighted by molar-refractivity contribution is -0.187. The van der Waals surface area contributed by atoms with Crippen LogP contribution in [-0.2, 0) is 4.79 Å². The summed E-state index contributed by atoms with van der Waals surface area (Å²) in [7, 11) is 0. The van der Waals surface area contributed by atoms with Crippen molar-refractivity contribution in [2.45, 2.75) is 112 Å². The van der Waals surface area contributed by atoms with Crippen molar-refractivity contribution in [1.29, 1.82) is 0 Å². The van der Waals surface area contributed by atoms with E-state index < -0.39 is 17.5 Å². The van der Waals surface area contributed by atoms with Gasteiger partial charge in [-0.15, -0.1) is 0 Å². The molecule has 8 atom stereocenters. The minimum atomic E-state index is -0.712. The highest BCUT2D eigenvalue weighted by Crippen LogP contribution is 2.75. The minimum Gasteiger partial charge on any atom is -0.481 e. The van der Waals surface area contributed by atoms with Gasteiger partial charge in [-0.25, -0.2) is 0 Å². The van der Waals surface area contributed by atoms with Crippen LogP contribution in [0, 0.1) is 50.2 Å². The summed E-state index contributed by atoms with van der Waals surface area (Å²) in [6.07, 6.45) is 9.93. The predicted molar refractivity (Wildman–Crippen MR) is 137 cm³/mol. The summed E-state index contributed by atoms with van der Waals surface area (Å²) in [5, 5.41) is 35.0. The van der Waals surface area contributed by atoms with Crippen LogP contribution in [0.1, 0.15) is 106 Å². The number of aliphatic hydroxyl groups excluding tert-OH is 1. The number of aliphatic hydroxyl groups is 1. The van der Waals surface area contributed by atoms with Gasteiger partial charge in [-0.1, -0.05) is 65.3 Å². The van der Waals surface area contributed by atoms with Crippen LogP contribution in [0.5, 0.6) is 0 Å². The van der Waals surface area contributed by atoms with Crippen LogP contribution in [0.15, 0.2) is 16.8 Å². The van der Waals surface area contributed by atoms with E-state index in [9.17, 15) is 20.2 Å². The van der Waals surface area contributed by atoms with E-state index in [1.165, 1.54) is 5.57 Å². The molecular weight excluding hydrogens is 438 g/mol. The Morgan fingerprint density at radius 3 is 2.26 bits per heavy atom. The first-order chi connectivity index (χ1) is 16.1. The maximum atomic E-state index is 12.8. The number of aliphatic carboxylic acids is 1. The molecule has 0 amide bonds. The number of oxime groups is 1. The van der Waals surface area contributed by atoms with Crippen molar-refractivity contribution in [2.75, 3.05) is 0 Å². The molecule has 0 spiro atoms. The minimum absolute atomic E-state index is 0.0301. The molecule has 0 aromatic rings. The predicted octanol–water partition coefficient (Wildman–Crippen LogP) is 6.67. The summed E-state index contributed by atoms with van der Waals surface area (Å²) in [5.74, 6) is 0.281. The molecule has 0 heterocycles. The van der Waals surface area contributed by atoms with Gasteiger partial charge in [0.2, 0.25) is 0 Å². The number of carboxylic acid groups (broad SMARTS) is 1. The molecule has 4 fully saturated rings. The van der Waals surface area contributed by atoms with Gasteiger partial charge in [0.1, 0.15) is 6.10 Å². The van der Waals surface area contributed by atoms with E-state index in [1.807, 2.05) is 0 Å². The molecule has 0 aromatic carbocycles. The SMILES string of the molecule is CC1(C)CC[C@]2(C(=O)O)CC[C@]3(C)C(=CCC4[C@@]5(C)C/C(=N\O)[C@H](O)C(C)(C)C5CC[C@]43C)[C@@H]2C1. The fourth-order valence-electron chi connectivity index (χ4n) is 10.7. The first-order valence-electron chi connectivity index (χ1n) is 13.9. The van der Waals surface area contributed by atoms with Crippen LogP contribution in [0.25, 0.3) is 0 Å². The molecule has 0 radical (unpaired) electrons. The van der Waals surface area contributed by atoms with Gasteiger partial charge in [0, 0.05) is 0 Å². The molecule has 196 valence electrons. The van der Waals surface area contributed by atoms with Crippen molar-refractivity contribution in [1.82, 2.24) is 0 Å². The highest BCUT2D eigenvalue weighted by Gasteiger charge is 2.69. The van der Waals surface area contributed by atoms with Crippen LogP contribution < -0.4 is 0 Å². The molecular formula is C30H47NO4. The largest absolute Gasteiger partial charge is 0.481 e. The Morgan fingerprint density at radius 2 is 1.63 bits per heavy atom. The van der Waals surface area contributed by atoms with Crippen LogP contribution >= 0.6 is 0 Å². The molecule has 0 aliphatic heterocycles. The molecule has 3 N–H and O–H groups in total. The number of rotatable bonds is 1. The third-order valence-electron chi connectivity index (χ3n) is 12.9. The van der Waals surface area contributed by atoms with Gasteiger partial charge in [0.05, 0.1) is 11.1 Å². The van der Waals surface area contributed by atoms with Crippen LogP contribution in [-0.4, -0.2) is 33.2 Å². The standard InChI is InChI=1S/C30H47NO4/c1-25(2)12-14-30(24(33)34)15-13-28(6)18(19(30)16-25)8-9-22-27(5)17-20(31-35)23(32)26(3,4)21(27)10-11-29(22,28)7/h8,19,21-23,32,35H,9-17H2,1-7H3,(H,33,34)/b31-20+/t19-,21?,22?,23-,27-,28+,29+,30-/m0/s1. The normalized spacial score (nSPS) is 51.3. The molecule has 0 bridgehead atoms. The summed E-state index contributed by atoms with van der Waals surface area (Å²) in [6.45, 7) is 16.2. The van der Waals surface area contributed by atoms with Gasteiger partial charge in [-0.05, 0) is 103 Å². The number of carboxylic acids is 1. The van der Waals surface area contributed by atoms with E-state index in [1.54, 1.807) is 0 Å². The molecule has 2 unspecified atom stereocenters. The maximum Gasteiger partial charge on any atom is 0.310 e. The first-order valence-corrected chi connectivity index (χ1v) is 13.9. The first kappa shape index (κ1) is 25.3. The zero-order valence-corrected chi connectivity index (χ0v) is 22.9. The van der Waals surface area contributed by atoms with Crippen molar-refractivity contribution >= 4 is 11.7 Å². The van der Waals surface area contributed by atoms with E-state index in [4.69, 9.17) is 0 Å². The second-order valence-electron chi connectivity index (χ2n) is 15.2. The smallest absolute Gasteiger partial charge is 0.310 e. The molecule has 4 saturated carbocycles. The molecule has 5 aliphatic rings. The van der Waals surface area contributed by atoms with E-state index >= 15 is 0 Å². The number of fused-ring (bicyclic) bond motifs is 7. The van der Waals surface area contributed by atoms with Crippen LogP contribution in [0.3, 0.4) is 0 Å². The number of allylic oxidation sites excluding steroid dienone is 2. The lowest BCUT2D eigenvalue weighted by Gasteiger charge is -2.71. The lowest BCUT2D eigenvalue weighted by atomic mass is 9.33. The number of hydrogen-bond acceptors (Lipinski definition) is 4. The monoisotopic (exact) mass is 485 g/mol. The quantitative estimate of drug-likeness (QED) is 0.220. The van der Waals surface area contributed by atoms with Crippen LogP contribution in [0.4, 0.5) is 0 Å². The van der Waals surface area contributed by atoms with E-state index in [2.05, 4.69) is 59.7 Å². The molecule has 5 aliphatic carbocycles. The molecule has 5 nitrogen and oxygen atoms in total. The van der Waals surface area contributed by atoms with Crippen molar-refractivity contribution in [3.05, 3.63) is 11.6 Å². The lowest BCUT2D eigenvalue weighted by Crippen LogP contribution is -2.66. The van der Waals surface area contributed by atoms with Crippen LogP contribution in [0.2, 0.25) is 0 Å². The molecule has 5 rings (SSSR count). The number of nitrogens with zero attached hydrogens (tertiary/aromatic N) is 1. The van der Waals surface area contributed by atoms with E-state index in [-0.39, 0.29) is 33.0 Å². The van der Waals surface area contributed by atoms with Gasteiger partial charge in [0.15, 0.2) is 0 Å². The average Bonchev–Trinajstić information content (AvgIpc) is 2.76. The van der Waals surface area contributed by atoms with Gasteiger partial charge in [-0.3, -0.25) is 4.79 Å². The van der Waals surface area contributed by atoms with Gasteiger partial charge in [-0.2, -0.15) is 0 Å². The highest BCUT2D eigenvalue weighted by atomic mass is 16.4. The van der Waals surface area contributed by atoms with Gasteiger partial charge >= 0.3 is 5.97 Å². The van der Waals surface area contributed by atoms with Gasteiger partial charge in [0.25, 0.3) is 0 Å². The third kappa shape index (κ3) is 3.03. The van der Waals surface area contributed by atoms with Crippen molar-refractivity contribution in [3.8, 4) is 0 Å². The van der Waals surface area contributed by atoms with Crippen molar-refractivity contribution < 1.29 is 20.2 Å². The zero-order chi connectivity index (χ0) is 25.8. The second-order valence-corrected chi connectivity index (χ2v) is 15.2.